The Morgan fingerprint density at radius 2 is 1.20 bits per heavy atom. The van der Waals surface area contributed by atoms with Gasteiger partial charge in [-0.3, -0.25) is 0 Å². The molecule has 0 aromatic carbocycles. The van der Waals surface area contributed by atoms with Crippen LogP contribution in [-0.2, 0) is 0 Å². The topological polar surface area (TPSA) is 0 Å². The highest BCUT2D eigenvalue weighted by Crippen LogP contribution is 2.43. The maximum atomic E-state index is 4.28. The van der Waals surface area contributed by atoms with Crippen LogP contribution in [0.15, 0.2) is 0 Å². The average Bonchev–Trinajstić information content (AvgIpc) is 1.86. The van der Waals surface area contributed by atoms with Crippen molar-refractivity contribution in [3.63, 3.8) is 0 Å². The third-order valence-corrected chi connectivity index (χ3v) is 3.51. The first kappa shape index (κ1) is 6.69. The third-order valence-electron chi connectivity index (χ3n) is 3.51. The van der Waals surface area contributed by atoms with Crippen LogP contribution >= 0.6 is 0 Å². The van der Waals surface area contributed by atoms with E-state index in [9.17, 15) is 0 Å². The molecule has 2 fully saturated rings. The van der Waals surface area contributed by atoms with Gasteiger partial charge < -0.3 is 0 Å². The van der Waals surface area contributed by atoms with Crippen LogP contribution in [0.2, 0.25) is 0 Å². The van der Waals surface area contributed by atoms with Crippen molar-refractivity contribution in [3.8, 4) is 0 Å². The normalized spacial score (nSPS) is 47.1. The molecule has 0 spiro atoms. The Labute approximate surface area is 64.0 Å². The Bertz CT molecular complexity index is 95.2. The van der Waals surface area contributed by atoms with Crippen molar-refractivity contribution in [2.24, 2.45) is 17.8 Å². The summed E-state index contributed by atoms with van der Waals surface area (Å²) in [6, 6.07) is 0. The second kappa shape index (κ2) is 2.56. The molecule has 0 nitrogen and oxygen atoms in total. The van der Waals surface area contributed by atoms with Crippen LogP contribution in [0, 0.1) is 24.7 Å². The van der Waals surface area contributed by atoms with Gasteiger partial charge in [0.25, 0.3) is 0 Å². The van der Waals surface area contributed by atoms with Gasteiger partial charge in [-0.25, -0.2) is 0 Å². The molecular formula is C10H17. The van der Waals surface area contributed by atoms with Crippen LogP contribution in [0.4, 0.5) is 0 Å². The largest absolute Gasteiger partial charge is 0.0528 e. The number of rotatable bonds is 0. The van der Waals surface area contributed by atoms with Gasteiger partial charge >= 0.3 is 0 Å². The fourth-order valence-corrected chi connectivity index (χ4v) is 2.81. The Morgan fingerprint density at radius 3 is 1.50 bits per heavy atom. The van der Waals surface area contributed by atoms with E-state index in [2.05, 4.69) is 6.92 Å². The first-order valence-electron chi connectivity index (χ1n) is 4.71. The van der Waals surface area contributed by atoms with Crippen molar-refractivity contribution in [2.45, 2.75) is 38.5 Å². The fourth-order valence-electron chi connectivity index (χ4n) is 2.81. The van der Waals surface area contributed by atoms with Gasteiger partial charge in [0.1, 0.15) is 0 Å². The van der Waals surface area contributed by atoms with E-state index in [0.717, 1.165) is 17.8 Å². The Morgan fingerprint density at radius 1 is 0.800 bits per heavy atom. The first-order chi connectivity index (χ1) is 4.88. The zero-order valence-electron chi connectivity index (χ0n) is 6.68. The van der Waals surface area contributed by atoms with E-state index in [-0.39, 0.29) is 0 Å². The molecule has 2 bridgehead atoms. The third kappa shape index (κ3) is 0.980. The molecule has 0 amide bonds. The smallest absolute Gasteiger partial charge is 0.0357 e. The molecule has 0 heterocycles. The minimum atomic E-state index is 0.822. The zero-order chi connectivity index (χ0) is 6.97. The second-order valence-electron chi connectivity index (χ2n) is 4.05. The summed E-state index contributed by atoms with van der Waals surface area (Å²) >= 11 is 0. The number of hydrogen-bond donors (Lipinski definition) is 0. The molecule has 0 aliphatic heterocycles. The van der Waals surface area contributed by atoms with Crippen LogP contribution in [0.25, 0.3) is 0 Å². The number of fused-ring (bicyclic) bond motifs is 2. The quantitative estimate of drug-likeness (QED) is 0.481. The van der Waals surface area contributed by atoms with Crippen molar-refractivity contribution < 1.29 is 0 Å². The van der Waals surface area contributed by atoms with E-state index in [0.29, 0.717) is 0 Å². The van der Waals surface area contributed by atoms with Crippen LogP contribution in [0.5, 0.6) is 0 Å². The summed E-state index contributed by atoms with van der Waals surface area (Å²) in [6.45, 7) is 4.28. The molecular weight excluding hydrogens is 120 g/mol. The minimum absolute atomic E-state index is 0.822. The standard InChI is InChI=1S/C10H17/c1-8-9-4-2-5-10(8)7-3-6-9/h8-10H,1-7H2. The summed E-state index contributed by atoms with van der Waals surface area (Å²) in [5.74, 6) is 2.84. The van der Waals surface area contributed by atoms with Crippen molar-refractivity contribution in [1.29, 1.82) is 0 Å². The van der Waals surface area contributed by atoms with Gasteiger partial charge in [0, 0.05) is 0 Å². The van der Waals surface area contributed by atoms with Crippen molar-refractivity contribution in [2.75, 3.05) is 0 Å². The van der Waals surface area contributed by atoms with Crippen molar-refractivity contribution in [1.82, 2.24) is 0 Å². The van der Waals surface area contributed by atoms with Gasteiger partial charge in [-0.2, -0.15) is 0 Å². The van der Waals surface area contributed by atoms with E-state index in [1.54, 1.807) is 0 Å². The van der Waals surface area contributed by atoms with Crippen LogP contribution in [0.1, 0.15) is 38.5 Å². The summed E-state index contributed by atoms with van der Waals surface area (Å²) in [5, 5.41) is 0. The highest BCUT2D eigenvalue weighted by Gasteiger charge is 2.32. The van der Waals surface area contributed by atoms with Crippen LogP contribution < -0.4 is 0 Å². The second-order valence-corrected chi connectivity index (χ2v) is 4.05. The molecule has 0 heteroatoms. The van der Waals surface area contributed by atoms with E-state index >= 15 is 0 Å². The van der Waals surface area contributed by atoms with E-state index in [1.165, 1.54) is 38.5 Å². The molecule has 2 rings (SSSR count). The van der Waals surface area contributed by atoms with Crippen molar-refractivity contribution >= 4 is 0 Å². The Kier molecular flexibility index (Phi) is 1.71. The van der Waals surface area contributed by atoms with Crippen molar-refractivity contribution in [3.05, 3.63) is 6.92 Å². The highest BCUT2D eigenvalue weighted by molar-refractivity contribution is 4.87. The molecule has 2 aliphatic rings. The highest BCUT2D eigenvalue weighted by atomic mass is 14.4. The van der Waals surface area contributed by atoms with E-state index in [4.69, 9.17) is 0 Å². The molecule has 0 unspecified atom stereocenters. The molecule has 0 aromatic rings. The van der Waals surface area contributed by atoms with E-state index < -0.39 is 0 Å². The lowest BCUT2D eigenvalue weighted by atomic mass is 9.65. The maximum Gasteiger partial charge on any atom is -0.0357 e. The molecule has 10 heavy (non-hydrogen) atoms. The Balaban J connectivity index is 2.05. The van der Waals surface area contributed by atoms with E-state index in [1.807, 2.05) is 0 Å². The maximum absolute atomic E-state index is 4.28. The Hall–Kier alpha value is 0. The SMILES string of the molecule is [CH2]C1C2CCCC1CCC2. The van der Waals surface area contributed by atoms with Gasteiger partial charge in [0.05, 0.1) is 0 Å². The average molecular weight is 137 g/mol. The molecule has 0 N–H and O–H groups in total. The van der Waals surface area contributed by atoms with Crippen LogP contribution in [0.3, 0.4) is 0 Å². The molecule has 0 aromatic heterocycles. The molecule has 0 atom stereocenters. The molecule has 2 aliphatic carbocycles. The molecule has 0 saturated heterocycles. The first-order valence-corrected chi connectivity index (χ1v) is 4.71. The summed E-state index contributed by atoms with van der Waals surface area (Å²) in [4.78, 5) is 0. The lowest BCUT2D eigenvalue weighted by Gasteiger charge is -2.40. The summed E-state index contributed by atoms with van der Waals surface area (Å²) in [7, 11) is 0. The van der Waals surface area contributed by atoms with Gasteiger partial charge in [-0.05, 0) is 24.7 Å². The van der Waals surface area contributed by atoms with Gasteiger partial charge in [-0.15, -0.1) is 0 Å². The van der Waals surface area contributed by atoms with Gasteiger partial charge in [0.15, 0.2) is 0 Å². The summed E-state index contributed by atoms with van der Waals surface area (Å²) in [5.41, 5.74) is 0. The van der Waals surface area contributed by atoms with Gasteiger partial charge in [-0.1, -0.05) is 38.5 Å². The lowest BCUT2D eigenvalue weighted by molar-refractivity contribution is 0.126. The number of hydrogen-bond acceptors (Lipinski definition) is 0. The zero-order valence-corrected chi connectivity index (χ0v) is 6.68. The predicted molar refractivity (Wildman–Crippen MR) is 43.5 cm³/mol. The summed E-state index contributed by atoms with van der Waals surface area (Å²) < 4.78 is 0. The van der Waals surface area contributed by atoms with Gasteiger partial charge in [0.2, 0.25) is 0 Å². The summed E-state index contributed by atoms with van der Waals surface area (Å²) in [6.07, 6.45) is 8.88. The fraction of sp³-hybridized carbons (Fsp3) is 0.900. The monoisotopic (exact) mass is 137 g/mol. The molecule has 57 valence electrons. The minimum Gasteiger partial charge on any atom is -0.0528 e. The molecule has 1 radical (unpaired) electrons. The van der Waals surface area contributed by atoms with Crippen LogP contribution in [-0.4, -0.2) is 0 Å². The predicted octanol–water partition coefficient (Wildman–Crippen LogP) is 3.04. The molecule has 2 saturated carbocycles. The lowest BCUT2D eigenvalue weighted by Crippen LogP contribution is -2.30.